The third kappa shape index (κ3) is 2.41. The molecule has 1 aromatic rings. The topological polar surface area (TPSA) is 64.7 Å². The molecule has 1 aliphatic rings. The van der Waals surface area contributed by atoms with Gasteiger partial charge in [-0.05, 0) is 23.6 Å². The van der Waals surface area contributed by atoms with Crippen molar-refractivity contribution in [1.82, 2.24) is 0 Å². The van der Waals surface area contributed by atoms with E-state index in [-0.39, 0.29) is 12.7 Å². The molecule has 0 bridgehead atoms. The van der Waals surface area contributed by atoms with Crippen LogP contribution in [0.1, 0.15) is 25.5 Å². The fourth-order valence-electron chi connectivity index (χ4n) is 1.79. The first-order chi connectivity index (χ1) is 8.00. The van der Waals surface area contributed by atoms with E-state index in [1.807, 2.05) is 26.0 Å². The van der Waals surface area contributed by atoms with Gasteiger partial charge in [-0.25, -0.2) is 0 Å². The van der Waals surface area contributed by atoms with Crippen LogP contribution in [0, 0.1) is 5.92 Å². The standard InChI is InChI=1S/C12H16BrNO3/c1-6(2)12(15)11(14)7-3-9-10(4-8(7)13)17-5-16-9/h3-4,6,11-12,15H,5,14H2,1-2H3/t11-,12+/m0/s1. The van der Waals surface area contributed by atoms with Crippen LogP contribution in [0.5, 0.6) is 11.5 Å². The molecule has 1 heterocycles. The summed E-state index contributed by atoms with van der Waals surface area (Å²) in [5.41, 5.74) is 6.89. The van der Waals surface area contributed by atoms with E-state index in [9.17, 15) is 5.11 Å². The van der Waals surface area contributed by atoms with Gasteiger partial charge in [0.2, 0.25) is 6.79 Å². The Bertz CT molecular complexity index is 422. The van der Waals surface area contributed by atoms with E-state index in [4.69, 9.17) is 15.2 Å². The minimum atomic E-state index is -0.591. The zero-order valence-electron chi connectivity index (χ0n) is 9.81. The summed E-state index contributed by atoms with van der Waals surface area (Å²) in [5, 5.41) is 10.0. The van der Waals surface area contributed by atoms with Gasteiger partial charge in [-0.15, -0.1) is 0 Å². The summed E-state index contributed by atoms with van der Waals surface area (Å²) in [4.78, 5) is 0. The van der Waals surface area contributed by atoms with E-state index < -0.39 is 12.1 Å². The van der Waals surface area contributed by atoms with Gasteiger partial charge in [0.25, 0.3) is 0 Å². The second-order valence-corrected chi connectivity index (χ2v) is 5.34. The Kier molecular flexibility index (Phi) is 3.61. The summed E-state index contributed by atoms with van der Waals surface area (Å²) in [6.07, 6.45) is -0.591. The highest BCUT2D eigenvalue weighted by Crippen LogP contribution is 2.39. The average Bonchev–Trinajstić information content (AvgIpc) is 2.72. The minimum absolute atomic E-state index is 0.0994. The van der Waals surface area contributed by atoms with Gasteiger partial charge in [0, 0.05) is 4.47 Å². The number of halogens is 1. The Balaban J connectivity index is 2.32. The highest BCUT2D eigenvalue weighted by Gasteiger charge is 2.25. The van der Waals surface area contributed by atoms with E-state index >= 15 is 0 Å². The highest BCUT2D eigenvalue weighted by atomic mass is 79.9. The van der Waals surface area contributed by atoms with Crippen LogP contribution in [0.25, 0.3) is 0 Å². The molecule has 0 radical (unpaired) electrons. The lowest BCUT2D eigenvalue weighted by atomic mass is 9.94. The lowest BCUT2D eigenvalue weighted by Crippen LogP contribution is -2.30. The smallest absolute Gasteiger partial charge is 0.231 e. The second-order valence-electron chi connectivity index (χ2n) is 4.49. The van der Waals surface area contributed by atoms with E-state index in [1.165, 1.54) is 0 Å². The molecule has 0 saturated carbocycles. The normalized spacial score (nSPS) is 17.3. The molecule has 0 aliphatic carbocycles. The molecule has 0 spiro atoms. The van der Waals surface area contributed by atoms with Gasteiger partial charge >= 0.3 is 0 Å². The van der Waals surface area contributed by atoms with Crippen molar-refractivity contribution in [2.45, 2.75) is 26.0 Å². The zero-order valence-corrected chi connectivity index (χ0v) is 11.4. The molecule has 94 valence electrons. The molecule has 0 aromatic heterocycles. The van der Waals surface area contributed by atoms with Crippen LogP contribution in [-0.4, -0.2) is 18.0 Å². The number of aliphatic hydroxyl groups excluding tert-OH is 1. The lowest BCUT2D eigenvalue weighted by molar-refractivity contribution is 0.0976. The molecular formula is C12H16BrNO3. The van der Waals surface area contributed by atoms with Gasteiger partial charge in [0.1, 0.15) is 0 Å². The number of ether oxygens (including phenoxy) is 2. The zero-order chi connectivity index (χ0) is 12.6. The predicted octanol–water partition coefficient (Wildman–Crippen LogP) is 2.19. The molecule has 4 nitrogen and oxygen atoms in total. The quantitative estimate of drug-likeness (QED) is 0.898. The van der Waals surface area contributed by atoms with E-state index in [1.54, 1.807) is 0 Å². The van der Waals surface area contributed by atoms with Gasteiger partial charge in [-0.2, -0.15) is 0 Å². The lowest BCUT2D eigenvalue weighted by Gasteiger charge is -2.23. The Morgan fingerprint density at radius 2 is 1.88 bits per heavy atom. The van der Waals surface area contributed by atoms with E-state index in [0.29, 0.717) is 11.5 Å². The Morgan fingerprint density at radius 3 is 2.47 bits per heavy atom. The molecule has 0 unspecified atom stereocenters. The van der Waals surface area contributed by atoms with Crippen molar-refractivity contribution in [3.63, 3.8) is 0 Å². The van der Waals surface area contributed by atoms with Gasteiger partial charge in [0.15, 0.2) is 11.5 Å². The third-order valence-electron chi connectivity index (χ3n) is 2.90. The molecule has 1 aliphatic heterocycles. The minimum Gasteiger partial charge on any atom is -0.454 e. The first-order valence-electron chi connectivity index (χ1n) is 5.53. The molecule has 0 saturated heterocycles. The van der Waals surface area contributed by atoms with Crippen LogP contribution in [0.2, 0.25) is 0 Å². The number of benzene rings is 1. The molecule has 17 heavy (non-hydrogen) atoms. The molecule has 5 heteroatoms. The number of aliphatic hydroxyl groups is 1. The average molecular weight is 302 g/mol. The largest absolute Gasteiger partial charge is 0.454 e. The summed E-state index contributed by atoms with van der Waals surface area (Å²) in [6.45, 7) is 4.10. The van der Waals surface area contributed by atoms with E-state index in [0.717, 1.165) is 10.0 Å². The maximum absolute atomic E-state index is 10.0. The number of hydrogen-bond donors (Lipinski definition) is 2. The highest BCUT2D eigenvalue weighted by molar-refractivity contribution is 9.10. The third-order valence-corrected chi connectivity index (χ3v) is 3.59. The van der Waals surface area contributed by atoms with Gasteiger partial charge in [-0.3, -0.25) is 0 Å². The molecule has 2 atom stereocenters. The molecule has 3 N–H and O–H groups in total. The first-order valence-corrected chi connectivity index (χ1v) is 6.32. The SMILES string of the molecule is CC(C)[C@@H](O)[C@@H](N)c1cc2c(cc1Br)OCO2. The fraction of sp³-hybridized carbons (Fsp3) is 0.500. The van der Waals surface area contributed by atoms with Crippen molar-refractivity contribution in [2.75, 3.05) is 6.79 Å². The molecule has 1 aromatic carbocycles. The molecular weight excluding hydrogens is 286 g/mol. The van der Waals surface area contributed by atoms with Crippen LogP contribution in [0.3, 0.4) is 0 Å². The maximum atomic E-state index is 10.0. The van der Waals surface area contributed by atoms with Crippen LogP contribution in [0.15, 0.2) is 16.6 Å². The van der Waals surface area contributed by atoms with Crippen LogP contribution >= 0.6 is 15.9 Å². The first kappa shape index (κ1) is 12.7. The molecule has 2 rings (SSSR count). The Labute approximate surface area is 109 Å². The van der Waals surface area contributed by atoms with Crippen molar-refractivity contribution in [1.29, 1.82) is 0 Å². The maximum Gasteiger partial charge on any atom is 0.231 e. The van der Waals surface area contributed by atoms with Gasteiger partial charge in [-0.1, -0.05) is 29.8 Å². The van der Waals surface area contributed by atoms with Crippen LogP contribution < -0.4 is 15.2 Å². The number of hydrogen-bond acceptors (Lipinski definition) is 4. The van der Waals surface area contributed by atoms with Crippen molar-refractivity contribution in [2.24, 2.45) is 11.7 Å². The number of fused-ring (bicyclic) bond motifs is 1. The van der Waals surface area contributed by atoms with Crippen molar-refractivity contribution < 1.29 is 14.6 Å². The van der Waals surface area contributed by atoms with Gasteiger partial charge in [0.05, 0.1) is 12.1 Å². The second kappa shape index (κ2) is 4.84. The van der Waals surface area contributed by atoms with E-state index in [2.05, 4.69) is 15.9 Å². The summed E-state index contributed by atoms with van der Waals surface area (Å²) in [6, 6.07) is 3.20. The molecule has 0 fully saturated rings. The number of rotatable bonds is 3. The van der Waals surface area contributed by atoms with Gasteiger partial charge < -0.3 is 20.3 Å². The number of nitrogens with two attached hydrogens (primary N) is 1. The monoisotopic (exact) mass is 301 g/mol. The Morgan fingerprint density at radius 1 is 1.29 bits per heavy atom. The summed E-state index contributed by atoms with van der Waals surface area (Å²) in [7, 11) is 0. The van der Waals surface area contributed by atoms with Crippen molar-refractivity contribution >= 4 is 15.9 Å². The molecule has 0 amide bonds. The Hall–Kier alpha value is -0.780. The van der Waals surface area contributed by atoms with Crippen molar-refractivity contribution in [3.8, 4) is 11.5 Å². The van der Waals surface area contributed by atoms with Crippen LogP contribution in [0.4, 0.5) is 0 Å². The predicted molar refractivity (Wildman–Crippen MR) is 68.0 cm³/mol. The van der Waals surface area contributed by atoms with Crippen LogP contribution in [-0.2, 0) is 0 Å². The van der Waals surface area contributed by atoms with Crippen molar-refractivity contribution in [3.05, 3.63) is 22.2 Å². The summed E-state index contributed by atoms with van der Waals surface area (Å²) >= 11 is 3.44. The summed E-state index contributed by atoms with van der Waals surface area (Å²) in [5.74, 6) is 1.48. The fourth-order valence-corrected chi connectivity index (χ4v) is 2.37. The summed E-state index contributed by atoms with van der Waals surface area (Å²) < 4.78 is 11.4.